The smallest absolute Gasteiger partial charge is 0.275 e. The molecule has 1 aromatic carbocycles. The molecule has 0 aliphatic heterocycles. The van der Waals surface area contributed by atoms with Crippen LogP contribution in [0.3, 0.4) is 0 Å². The van der Waals surface area contributed by atoms with E-state index in [0.29, 0.717) is 21.5 Å². The highest BCUT2D eigenvalue weighted by Crippen LogP contribution is 2.22. The largest absolute Gasteiger partial charge is 0.326 e. The molecule has 0 atom stereocenters. The zero-order valence-electron chi connectivity index (χ0n) is 11.9. The first-order chi connectivity index (χ1) is 9.88. The molecule has 0 radical (unpaired) electrons. The summed E-state index contributed by atoms with van der Waals surface area (Å²) in [4.78, 5) is 23.2. The number of nitrogens with one attached hydrogen (secondary N) is 2. The molecule has 21 heavy (non-hydrogen) atoms. The van der Waals surface area contributed by atoms with Crippen molar-refractivity contribution < 1.29 is 9.59 Å². The molecular formula is C14H15BrN4O2. The molecule has 0 bridgehead atoms. The Morgan fingerprint density at radius 1 is 1.14 bits per heavy atom. The fraction of sp³-hybridized carbons (Fsp3) is 0.214. The zero-order valence-corrected chi connectivity index (χ0v) is 13.5. The summed E-state index contributed by atoms with van der Waals surface area (Å²) in [6.07, 6.45) is 0. The number of aromatic nitrogens is 2. The Morgan fingerprint density at radius 2 is 1.67 bits per heavy atom. The Morgan fingerprint density at radius 3 is 2.10 bits per heavy atom. The van der Waals surface area contributed by atoms with Gasteiger partial charge in [-0.2, -0.15) is 5.10 Å². The second kappa shape index (κ2) is 6.09. The number of halogens is 1. The van der Waals surface area contributed by atoms with Gasteiger partial charge in [-0.25, -0.2) is 0 Å². The van der Waals surface area contributed by atoms with Crippen LogP contribution in [-0.4, -0.2) is 21.6 Å². The molecule has 6 nitrogen and oxygen atoms in total. The molecule has 1 heterocycles. The topological polar surface area (TPSA) is 76.0 Å². The van der Waals surface area contributed by atoms with Gasteiger partial charge in [0, 0.05) is 25.3 Å². The van der Waals surface area contributed by atoms with Gasteiger partial charge in [-0.1, -0.05) is 0 Å². The second-order valence-electron chi connectivity index (χ2n) is 4.58. The van der Waals surface area contributed by atoms with Gasteiger partial charge in [-0.3, -0.25) is 14.3 Å². The van der Waals surface area contributed by atoms with Gasteiger partial charge in [0.05, 0.1) is 10.2 Å². The summed E-state index contributed by atoms with van der Waals surface area (Å²) >= 11 is 3.36. The molecule has 0 saturated heterocycles. The summed E-state index contributed by atoms with van der Waals surface area (Å²) in [5.41, 5.74) is 2.53. The zero-order chi connectivity index (χ0) is 15.6. The van der Waals surface area contributed by atoms with Crippen LogP contribution in [0.4, 0.5) is 11.4 Å². The van der Waals surface area contributed by atoms with Gasteiger partial charge in [-0.15, -0.1) is 0 Å². The van der Waals surface area contributed by atoms with Crippen LogP contribution in [0.2, 0.25) is 0 Å². The first kappa shape index (κ1) is 15.2. The third-order valence-electron chi connectivity index (χ3n) is 2.83. The molecule has 1 aromatic heterocycles. The predicted octanol–water partition coefficient (Wildman–Crippen LogP) is 2.70. The highest BCUT2D eigenvalue weighted by molar-refractivity contribution is 9.10. The number of hydrogen-bond donors (Lipinski definition) is 2. The average Bonchev–Trinajstić information content (AvgIpc) is 2.65. The van der Waals surface area contributed by atoms with Gasteiger partial charge in [0.2, 0.25) is 5.91 Å². The fourth-order valence-electron chi connectivity index (χ4n) is 1.91. The summed E-state index contributed by atoms with van der Waals surface area (Å²) < 4.78 is 2.21. The summed E-state index contributed by atoms with van der Waals surface area (Å²) in [5.74, 6) is -0.390. The Kier molecular flexibility index (Phi) is 4.42. The number of rotatable bonds is 3. The number of anilines is 2. The number of aryl methyl sites for hydroxylation is 2. The molecule has 0 unspecified atom stereocenters. The van der Waals surface area contributed by atoms with Crippen LogP contribution < -0.4 is 10.6 Å². The molecule has 0 fully saturated rings. The van der Waals surface area contributed by atoms with E-state index < -0.39 is 0 Å². The SMILES string of the molecule is CC(=O)Nc1ccc(NC(=O)c2c(Br)c(C)nn2C)cc1. The summed E-state index contributed by atoms with van der Waals surface area (Å²) in [6.45, 7) is 3.26. The minimum atomic E-state index is -0.253. The highest BCUT2D eigenvalue weighted by atomic mass is 79.9. The van der Waals surface area contributed by atoms with E-state index in [2.05, 4.69) is 31.7 Å². The molecule has 2 rings (SSSR count). The number of carbonyl (C=O) groups is 2. The molecule has 7 heteroatoms. The van der Waals surface area contributed by atoms with Crippen molar-refractivity contribution in [1.82, 2.24) is 9.78 Å². The van der Waals surface area contributed by atoms with E-state index in [1.54, 1.807) is 31.3 Å². The minimum absolute atomic E-state index is 0.138. The minimum Gasteiger partial charge on any atom is -0.326 e. The van der Waals surface area contributed by atoms with Crippen molar-refractivity contribution in [1.29, 1.82) is 0 Å². The van der Waals surface area contributed by atoms with Crippen molar-refractivity contribution in [2.75, 3.05) is 10.6 Å². The standard InChI is InChI=1S/C14H15BrN4O2/c1-8-12(15)13(19(3)18-8)14(21)17-11-6-4-10(5-7-11)16-9(2)20/h4-7H,1-3H3,(H,16,20)(H,17,21). The second-order valence-corrected chi connectivity index (χ2v) is 5.38. The third kappa shape index (κ3) is 3.49. The van der Waals surface area contributed by atoms with Gasteiger partial charge < -0.3 is 10.6 Å². The average molecular weight is 351 g/mol. The fourth-order valence-corrected chi connectivity index (χ4v) is 2.43. The van der Waals surface area contributed by atoms with E-state index in [1.165, 1.54) is 11.6 Å². The first-order valence-corrected chi connectivity index (χ1v) is 7.06. The van der Waals surface area contributed by atoms with Gasteiger partial charge in [0.25, 0.3) is 5.91 Å². The molecule has 2 N–H and O–H groups in total. The van der Waals surface area contributed by atoms with Crippen molar-refractivity contribution >= 4 is 39.1 Å². The number of hydrogen-bond acceptors (Lipinski definition) is 3. The van der Waals surface area contributed by atoms with E-state index in [4.69, 9.17) is 0 Å². The molecule has 2 aromatic rings. The lowest BCUT2D eigenvalue weighted by Crippen LogP contribution is -2.16. The van der Waals surface area contributed by atoms with E-state index >= 15 is 0 Å². The van der Waals surface area contributed by atoms with Crippen molar-refractivity contribution in [3.63, 3.8) is 0 Å². The number of amides is 2. The lowest BCUT2D eigenvalue weighted by molar-refractivity contribution is -0.114. The van der Waals surface area contributed by atoms with E-state index in [0.717, 1.165) is 5.69 Å². The Balaban J connectivity index is 2.14. The van der Waals surface area contributed by atoms with E-state index in [1.807, 2.05) is 6.92 Å². The Hall–Kier alpha value is -2.15. The lowest BCUT2D eigenvalue weighted by Gasteiger charge is -2.07. The summed E-state index contributed by atoms with van der Waals surface area (Å²) in [5, 5.41) is 9.64. The monoisotopic (exact) mass is 350 g/mol. The van der Waals surface area contributed by atoms with Crippen molar-refractivity contribution in [3.05, 3.63) is 40.1 Å². The number of carbonyl (C=O) groups excluding carboxylic acids is 2. The maximum absolute atomic E-state index is 12.3. The van der Waals surface area contributed by atoms with Crippen LogP contribution in [0.5, 0.6) is 0 Å². The molecular weight excluding hydrogens is 336 g/mol. The summed E-state index contributed by atoms with van der Waals surface area (Å²) in [7, 11) is 1.71. The van der Waals surface area contributed by atoms with Gasteiger partial charge in [0.15, 0.2) is 0 Å². The first-order valence-electron chi connectivity index (χ1n) is 6.26. The van der Waals surface area contributed by atoms with Gasteiger partial charge in [0.1, 0.15) is 5.69 Å². The molecule has 2 amide bonds. The van der Waals surface area contributed by atoms with Crippen LogP contribution in [0.1, 0.15) is 23.1 Å². The predicted molar refractivity (Wildman–Crippen MR) is 84.3 cm³/mol. The van der Waals surface area contributed by atoms with Gasteiger partial charge >= 0.3 is 0 Å². The molecule has 0 saturated carbocycles. The van der Waals surface area contributed by atoms with Crippen LogP contribution in [0, 0.1) is 6.92 Å². The third-order valence-corrected chi connectivity index (χ3v) is 3.78. The summed E-state index contributed by atoms with van der Waals surface area (Å²) in [6, 6.07) is 6.89. The number of nitrogens with zero attached hydrogens (tertiary/aromatic N) is 2. The molecule has 110 valence electrons. The van der Waals surface area contributed by atoms with Crippen LogP contribution >= 0.6 is 15.9 Å². The quantitative estimate of drug-likeness (QED) is 0.893. The maximum atomic E-state index is 12.3. The van der Waals surface area contributed by atoms with Crippen LogP contribution in [0.15, 0.2) is 28.7 Å². The van der Waals surface area contributed by atoms with Crippen molar-refractivity contribution in [3.8, 4) is 0 Å². The van der Waals surface area contributed by atoms with Crippen LogP contribution in [0.25, 0.3) is 0 Å². The van der Waals surface area contributed by atoms with Crippen LogP contribution in [-0.2, 0) is 11.8 Å². The molecule has 0 spiro atoms. The normalized spacial score (nSPS) is 10.3. The lowest BCUT2D eigenvalue weighted by atomic mass is 10.2. The van der Waals surface area contributed by atoms with Gasteiger partial charge in [-0.05, 0) is 47.1 Å². The van der Waals surface area contributed by atoms with Crippen molar-refractivity contribution in [2.45, 2.75) is 13.8 Å². The van der Waals surface area contributed by atoms with E-state index in [9.17, 15) is 9.59 Å². The Bertz CT molecular complexity index is 692. The van der Waals surface area contributed by atoms with E-state index in [-0.39, 0.29) is 11.8 Å². The number of benzene rings is 1. The molecule has 0 aliphatic rings. The Labute approximate surface area is 130 Å². The maximum Gasteiger partial charge on any atom is 0.275 e. The van der Waals surface area contributed by atoms with Crippen molar-refractivity contribution in [2.24, 2.45) is 7.05 Å². The highest BCUT2D eigenvalue weighted by Gasteiger charge is 2.18. The molecule has 0 aliphatic carbocycles.